The monoisotopic (exact) mass is 292 g/mol. The molecule has 6 heteroatoms. The van der Waals surface area contributed by atoms with Gasteiger partial charge in [-0.05, 0) is 45.1 Å². The quantitative estimate of drug-likeness (QED) is 0.605. The molecule has 1 heterocycles. The van der Waals surface area contributed by atoms with Crippen molar-refractivity contribution in [1.29, 1.82) is 0 Å². The Morgan fingerprint density at radius 1 is 1.10 bits per heavy atom. The molecule has 0 saturated carbocycles. The third kappa shape index (κ3) is 3.37. The van der Waals surface area contributed by atoms with Crippen molar-refractivity contribution in [2.45, 2.75) is 45.4 Å². The Bertz CT molecular complexity index is 512. The van der Waals surface area contributed by atoms with Crippen LogP contribution in [0.3, 0.4) is 0 Å². The zero-order chi connectivity index (χ0) is 15.2. The number of aryl methyl sites for hydroxylation is 1. The van der Waals surface area contributed by atoms with Crippen LogP contribution in [0.25, 0.3) is 0 Å². The van der Waals surface area contributed by atoms with E-state index in [0.717, 1.165) is 36.9 Å². The second kappa shape index (κ2) is 7.15. The zero-order valence-electron chi connectivity index (χ0n) is 12.4. The Morgan fingerprint density at radius 2 is 1.71 bits per heavy atom. The van der Waals surface area contributed by atoms with E-state index >= 15 is 0 Å². The van der Waals surface area contributed by atoms with Crippen LogP contribution < -0.4 is 0 Å². The first kappa shape index (κ1) is 15.4. The van der Waals surface area contributed by atoms with Crippen LogP contribution in [0.1, 0.15) is 49.6 Å². The van der Waals surface area contributed by atoms with Crippen LogP contribution in [-0.2, 0) is 31.9 Å². The maximum atomic E-state index is 12.2. The second-order valence-corrected chi connectivity index (χ2v) is 4.83. The number of nitrogens with zero attached hydrogens (tertiary/aromatic N) is 2. The van der Waals surface area contributed by atoms with Crippen LogP contribution in [0.4, 0.5) is 0 Å². The first-order valence-corrected chi connectivity index (χ1v) is 7.34. The number of ether oxygens (including phenoxy) is 2. The Balaban J connectivity index is 2.41. The summed E-state index contributed by atoms with van der Waals surface area (Å²) in [6.07, 6.45) is 5.10. The molecule has 1 aromatic heterocycles. The molecule has 21 heavy (non-hydrogen) atoms. The van der Waals surface area contributed by atoms with Crippen LogP contribution in [0.2, 0.25) is 0 Å². The number of fused-ring (bicyclic) bond motifs is 1. The fourth-order valence-corrected chi connectivity index (χ4v) is 2.57. The third-order valence-corrected chi connectivity index (χ3v) is 3.48. The van der Waals surface area contributed by atoms with Crippen molar-refractivity contribution >= 4 is 11.9 Å². The minimum absolute atomic E-state index is 0.210. The molecule has 0 N–H and O–H groups in total. The average molecular weight is 292 g/mol. The molecular weight excluding hydrogens is 272 g/mol. The van der Waals surface area contributed by atoms with Crippen LogP contribution in [0, 0.1) is 0 Å². The first-order valence-electron chi connectivity index (χ1n) is 7.34. The molecule has 0 unspecified atom stereocenters. The van der Waals surface area contributed by atoms with Gasteiger partial charge in [0, 0.05) is 5.69 Å². The lowest BCUT2D eigenvalue weighted by molar-refractivity contribution is -0.157. The summed E-state index contributed by atoms with van der Waals surface area (Å²) in [5.41, 5.74) is 2.26. The summed E-state index contributed by atoms with van der Waals surface area (Å²) in [5, 5.41) is 0. The van der Waals surface area contributed by atoms with Crippen molar-refractivity contribution in [3.05, 3.63) is 23.3 Å². The summed E-state index contributed by atoms with van der Waals surface area (Å²) in [5.74, 6) is -2.33. The van der Waals surface area contributed by atoms with Gasteiger partial charge in [-0.25, -0.2) is 9.97 Å². The minimum atomic E-state index is -1.11. The van der Waals surface area contributed by atoms with Crippen LogP contribution in [0.15, 0.2) is 6.33 Å². The summed E-state index contributed by atoms with van der Waals surface area (Å²) >= 11 is 0. The van der Waals surface area contributed by atoms with Gasteiger partial charge in [-0.15, -0.1) is 0 Å². The lowest BCUT2D eigenvalue weighted by Crippen LogP contribution is -2.29. The van der Waals surface area contributed by atoms with Gasteiger partial charge in [-0.2, -0.15) is 0 Å². The molecule has 0 saturated heterocycles. The predicted molar refractivity (Wildman–Crippen MR) is 74.7 cm³/mol. The third-order valence-electron chi connectivity index (χ3n) is 3.48. The molecule has 0 atom stereocenters. The molecule has 2 rings (SSSR count). The van der Waals surface area contributed by atoms with Crippen LogP contribution in [0.5, 0.6) is 0 Å². The Kier molecular flexibility index (Phi) is 5.25. The normalized spacial score (nSPS) is 13.7. The maximum absolute atomic E-state index is 12.2. The number of aromatic nitrogens is 2. The highest BCUT2D eigenvalue weighted by Crippen LogP contribution is 2.28. The molecule has 1 aliphatic carbocycles. The van der Waals surface area contributed by atoms with E-state index in [2.05, 4.69) is 9.97 Å². The summed E-state index contributed by atoms with van der Waals surface area (Å²) < 4.78 is 10.0. The highest BCUT2D eigenvalue weighted by Gasteiger charge is 2.35. The molecule has 0 bridgehead atoms. The smallest absolute Gasteiger partial charge is 0.326 e. The van der Waals surface area contributed by atoms with Gasteiger partial charge in [0.15, 0.2) is 5.92 Å². The number of carbonyl (C=O) groups is 2. The van der Waals surface area contributed by atoms with E-state index in [1.54, 1.807) is 13.8 Å². The number of rotatable bonds is 5. The van der Waals surface area contributed by atoms with Crippen molar-refractivity contribution in [3.8, 4) is 0 Å². The standard InChI is InChI=1S/C15H20N2O4/c1-3-20-14(18)12(15(19)21-4-2)13-10-7-5-6-8-11(10)16-9-17-13/h9,12H,3-8H2,1-2H3. The van der Waals surface area contributed by atoms with E-state index in [9.17, 15) is 9.59 Å². The zero-order valence-corrected chi connectivity index (χ0v) is 12.4. The Labute approximate surface area is 123 Å². The fraction of sp³-hybridized carbons (Fsp3) is 0.600. The van der Waals surface area contributed by atoms with E-state index in [-0.39, 0.29) is 13.2 Å². The van der Waals surface area contributed by atoms with Crippen LogP contribution in [-0.4, -0.2) is 35.1 Å². The molecule has 114 valence electrons. The lowest BCUT2D eigenvalue weighted by atomic mass is 9.90. The van der Waals surface area contributed by atoms with E-state index in [0.29, 0.717) is 5.69 Å². The van der Waals surface area contributed by atoms with Crippen molar-refractivity contribution in [2.75, 3.05) is 13.2 Å². The van der Waals surface area contributed by atoms with Gasteiger partial charge >= 0.3 is 11.9 Å². The van der Waals surface area contributed by atoms with Gasteiger partial charge < -0.3 is 9.47 Å². The highest BCUT2D eigenvalue weighted by molar-refractivity contribution is 6.00. The summed E-state index contributed by atoms with van der Waals surface area (Å²) in [6.45, 7) is 3.83. The molecule has 0 aromatic carbocycles. The Hall–Kier alpha value is -1.98. The topological polar surface area (TPSA) is 78.4 Å². The maximum Gasteiger partial charge on any atom is 0.326 e. The molecule has 0 fully saturated rings. The summed E-state index contributed by atoms with van der Waals surface area (Å²) in [4.78, 5) is 32.8. The first-order chi connectivity index (χ1) is 10.2. The summed E-state index contributed by atoms with van der Waals surface area (Å²) in [6, 6.07) is 0. The second-order valence-electron chi connectivity index (χ2n) is 4.83. The average Bonchev–Trinajstić information content (AvgIpc) is 2.48. The molecule has 1 aromatic rings. The van der Waals surface area contributed by atoms with E-state index in [4.69, 9.17) is 9.47 Å². The van der Waals surface area contributed by atoms with E-state index in [1.165, 1.54) is 6.33 Å². The fourth-order valence-electron chi connectivity index (χ4n) is 2.57. The van der Waals surface area contributed by atoms with Crippen molar-refractivity contribution < 1.29 is 19.1 Å². The molecule has 6 nitrogen and oxygen atoms in total. The number of carbonyl (C=O) groups excluding carboxylic acids is 2. The van der Waals surface area contributed by atoms with Gasteiger partial charge in [0.1, 0.15) is 6.33 Å². The molecule has 0 amide bonds. The predicted octanol–water partition coefficient (Wildman–Crippen LogP) is 1.57. The van der Waals surface area contributed by atoms with Gasteiger partial charge in [0.25, 0.3) is 0 Å². The number of hydrogen-bond donors (Lipinski definition) is 0. The largest absolute Gasteiger partial charge is 0.465 e. The molecule has 0 radical (unpaired) electrons. The van der Waals surface area contributed by atoms with Gasteiger partial charge in [-0.1, -0.05) is 0 Å². The van der Waals surface area contributed by atoms with E-state index in [1.807, 2.05) is 0 Å². The number of hydrogen-bond acceptors (Lipinski definition) is 6. The van der Waals surface area contributed by atoms with Crippen molar-refractivity contribution in [3.63, 3.8) is 0 Å². The van der Waals surface area contributed by atoms with Gasteiger partial charge in [0.05, 0.1) is 18.9 Å². The van der Waals surface area contributed by atoms with E-state index < -0.39 is 17.9 Å². The lowest BCUT2D eigenvalue weighted by Gasteiger charge is -2.21. The van der Waals surface area contributed by atoms with Crippen molar-refractivity contribution in [1.82, 2.24) is 9.97 Å². The number of esters is 2. The van der Waals surface area contributed by atoms with Crippen molar-refractivity contribution in [2.24, 2.45) is 0 Å². The molecule has 0 aliphatic heterocycles. The minimum Gasteiger partial charge on any atom is -0.465 e. The highest BCUT2D eigenvalue weighted by atomic mass is 16.6. The SMILES string of the molecule is CCOC(=O)C(C(=O)OCC)c1ncnc2c1CCCC2. The van der Waals surface area contributed by atoms with Gasteiger partial charge in [-0.3, -0.25) is 9.59 Å². The molecular formula is C15H20N2O4. The van der Waals surface area contributed by atoms with Crippen LogP contribution >= 0.6 is 0 Å². The molecule has 1 aliphatic rings. The Morgan fingerprint density at radius 3 is 2.33 bits per heavy atom. The molecule has 0 spiro atoms. The van der Waals surface area contributed by atoms with Gasteiger partial charge in [0.2, 0.25) is 0 Å². The summed E-state index contributed by atoms with van der Waals surface area (Å²) in [7, 11) is 0.